The molecule has 3 heterocycles. The van der Waals surface area contributed by atoms with E-state index in [1.54, 1.807) is 0 Å². The van der Waals surface area contributed by atoms with Crippen LogP contribution in [0, 0.1) is 6.92 Å². The molecule has 4 rings (SSSR count). The molecule has 0 aliphatic rings. The highest BCUT2D eigenvalue weighted by Crippen LogP contribution is 2.33. The van der Waals surface area contributed by atoms with Gasteiger partial charge in [-0.25, -0.2) is 9.97 Å². The number of rotatable bonds is 2. The third kappa shape index (κ3) is 2.82. The Morgan fingerprint density at radius 2 is 1.88 bits per heavy atom. The Kier molecular flexibility index (Phi) is 3.46. The molecule has 0 amide bonds. The predicted octanol–water partition coefficient (Wildman–Crippen LogP) is 4.89. The molecule has 1 aromatic carbocycles. The van der Waals surface area contributed by atoms with Crippen LogP contribution >= 0.6 is 0 Å². The third-order valence-electron chi connectivity index (χ3n) is 4.16. The minimum Gasteiger partial charge on any atom is -0.443 e. The van der Waals surface area contributed by atoms with Gasteiger partial charge in [-0.05, 0) is 31.2 Å². The number of benzene rings is 1. The average molecular weight is 332 g/mol. The molecule has 1 N–H and O–H groups in total. The van der Waals surface area contributed by atoms with Gasteiger partial charge in [0.2, 0.25) is 0 Å². The molecule has 5 heteroatoms. The van der Waals surface area contributed by atoms with E-state index in [1.807, 2.05) is 43.3 Å². The lowest BCUT2D eigenvalue weighted by Crippen LogP contribution is -2.13. The number of nitrogens with zero attached hydrogens (tertiary/aromatic N) is 3. The van der Waals surface area contributed by atoms with Crippen LogP contribution in [-0.2, 0) is 5.41 Å². The first kappa shape index (κ1) is 15.6. The van der Waals surface area contributed by atoms with Crippen molar-refractivity contribution in [1.82, 2.24) is 19.9 Å². The molecule has 0 bridgehead atoms. The van der Waals surface area contributed by atoms with E-state index in [0.717, 1.165) is 45.3 Å². The summed E-state index contributed by atoms with van der Waals surface area (Å²) in [6.07, 6.45) is 1.46. The van der Waals surface area contributed by atoms with Crippen LogP contribution in [0.5, 0.6) is 0 Å². The number of oxazole rings is 1. The standard InChI is InChI=1S/C20H20N4O/c1-12-6-5-7-15(22-12)18-17(23-19(24-18)20(2,3)4)13-8-9-14-16(10-13)25-11-21-14/h5-11H,1-4H3,(H,23,24). The van der Waals surface area contributed by atoms with Crippen LogP contribution in [-0.4, -0.2) is 19.9 Å². The first-order chi connectivity index (χ1) is 11.9. The third-order valence-corrected chi connectivity index (χ3v) is 4.16. The van der Waals surface area contributed by atoms with Gasteiger partial charge in [-0.3, -0.25) is 4.98 Å². The lowest BCUT2D eigenvalue weighted by molar-refractivity contribution is 0.553. The number of aromatic nitrogens is 4. The first-order valence-electron chi connectivity index (χ1n) is 8.30. The van der Waals surface area contributed by atoms with Crippen LogP contribution in [0.4, 0.5) is 0 Å². The van der Waals surface area contributed by atoms with E-state index in [9.17, 15) is 0 Å². The summed E-state index contributed by atoms with van der Waals surface area (Å²) in [5.41, 5.74) is 6.14. The van der Waals surface area contributed by atoms with Crippen molar-refractivity contribution in [2.24, 2.45) is 0 Å². The maximum Gasteiger partial charge on any atom is 0.181 e. The summed E-state index contributed by atoms with van der Waals surface area (Å²) in [5, 5.41) is 0. The molecule has 0 unspecified atom stereocenters. The number of hydrogen-bond acceptors (Lipinski definition) is 4. The molecule has 4 aromatic rings. The zero-order valence-corrected chi connectivity index (χ0v) is 14.8. The van der Waals surface area contributed by atoms with Crippen molar-refractivity contribution in [1.29, 1.82) is 0 Å². The van der Waals surface area contributed by atoms with Gasteiger partial charge in [0.15, 0.2) is 12.0 Å². The minimum atomic E-state index is -0.0901. The zero-order chi connectivity index (χ0) is 17.6. The summed E-state index contributed by atoms with van der Waals surface area (Å²) < 4.78 is 5.45. The molecular weight excluding hydrogens is 312 g/mol. The predicted molar refractivity (Wildman–Crippen MR) is 98.3 cm³/mol. The highest BCUT2D eigenvalue weighted by Gasteiger charge is 2.23. The fourth-order valence-electron chi connectivity index (χ4n) is 2.81. The number of hydrogen-bond donors (Lipinski definition) is 1. The molecule has 0 saturated carbocycles. The SMILES string of the molecule is Cc1cccc(-c2[nH]c(C(C)(C)C)nc2-c2ccc3ncoc3c2)n1. The average Bonchev–Trinajstić information content (AvgIpc) is 3.20. The Morgan fingerprint density at radius 1 is 1.04 bits per heavy atom. The van der Waals surface area contributed by atoms with Gasteiger partial charge in [-0.2, -0.15) is 0 Å². The van der Waals surface area contributed by atoms with Gasteiger partial charge in [0, 0.05) is 16.7 Å². The van der Waals surface area contributed by atoms with Gasteiger partial charge in [-0.1, -0.05) is 32.9 Å². The molecule has 0 spiro atoms. The van der Waals surface area contributed by atoms with Crippen LogP contribution in [0.2, 0.25) is 0 Å². The summed E-state index contributed by atoms with van der Waals surface area (Å²) in [4.78, 5) is 17.2. The molecule has 5 nitrogen and oxygen atoms in total. The van der Waals surface area contributed by atoms with E-state index >= 15 is 0 Å². The molecule has 0 aliphatic heterocycles. The summed E-state index contributed by atoms with van der Waals surface area (Å²) in [6, 6.07) is 12.0. The van der Waals surface area contributed by atoms with Crippen molar-refractivity contribution in [2.45, 2.75) is 33.1 Å². The Balaban J connectivity index is 1.94. The van der Waals surface area contributed by atoms with E-state index in [0.29, 0.717) is 0 Å². The molecule has 0 fully saturated rings. The molecule has 3 aromatic heterocycles. The van der Waals surface area contributed by atoms with Crippen LogP contribution in [0.15, 0.2) is 47.2 Å². The molecular formula is C20H20N4O. The van der Waals surface area contributed by atoms with Gasteiger partial charge in [-0.15, -0.1) is 0 Å². The molecule has 0 radical (unpaired) electrons. The van der Waals surface area contributed by atoms with Gasteiger partial charge in [0.25, 0.3) is 0 Å². The largest absolute Gasteiger partial charge is 0.443 e. The van der Waals surface area contributed by atoms with Gasteiger partial charge in [0.05, 0.1) is 17.1 Å². The summed E-state index contributed by atoms with van der Waals surface area (Å²) >= 11 is 0. The second-order valence-corrected chi connectivity index (χ2v) is 7.26. The highest BCUT2D eigenvalue weighted by atomic mass is 16.3. The number of H-pyrrole nitrogens is 1. The number of aromatic amines is 1. The Morgan fingerprint density at radius 3 is 2.64 bits per heavy atom. The van der Waals surface area contributed by atoms with E-state index in [-0.39, 0.29) is 5.41 Å². The molecule has 0 atom stereocenters. The molecule has 0 saturated heterocycles. The monoisotopic (exact) mass is 332 g/mol. The maximum absolute atomic E-state index is 5.45. The van der Waals surface area contributed by atoms with Crippen LogP contribution in [0.1, 0.15) is 32.3 Å². The van der Waals surface area contributed by atoms with E-state index in [4.69, 9.17) is 9.40 Å². The minimum absolute atomic E-state index is 0.0901. The van der Waals surface area contributed by atoms with E-state index in [2.05, 4.69) is 35.7 Å². The highest BCUT2D eigenvalue weighted by molar-refractivity contribution is 5.84. The van der Waals surface area contributed by atoms with Crippen molar-refractivity contribution < 1.29 is 4.42 Å². The van der Waals surface area contributed by atoms with Crippen LogP contribution < -0.4 is 0 Å². The Bertz CT molecular complexity index is 1050. The normalized spacial score (nSPS) is 12.0. The van der Waals surface area contributed by atoms with Crippen molar-refractivity contribution in [3.63, 3.8) is 0 Å². The summed E-state index contributed by atoms with van der Waals surface area (Å²) in [7, 11) is 0. The summed E-state index contributed by atoms with van der Waals surface area (Å²) in [6.45, 7) is 8.42. The number of fused-ring (bicyclic) bond motifs is 1. The topological polar surface area (TPSA) is 67.6 Å². The van der Waals surface area contributed by atoms with Gasteiger partial charge in [0.1, 0.15) is 11.3 Å². The first-order valence-corrected chi connectivity index (χ1v) is 8.30. The Labute approximate surface area is 146 Å². The molecule has 126 valence electrons. The quantitative estimate of drug-likeness (QED) is 0.568. The lowest BCUT2D eigenvalue weighted by Gasteiger charge is -2.14. The fraction of sp³-hybridized carbons (Fsp3) is 0.250. The fourth-order valence-corrected chi connectivity index (χ4v) is 2.81. The van der Waals surface area contributed by atoms with Crippen LogP contribution in [0.3, 0.4) is 0 Å². The Hall–Kier alpha value is -2.95. The number of imidazole rings is 1. The molecule has 25 heavy (non-hydrogen) atoms. The van der Waals surface area contributed by atoms with Crippen molar-refractivity contribution >= 4 is 11.1 Å². The van der Waals surface area contributed by atoms with Crippen molar-refractivity contribution in [2.75, 3.05) is 0 Å². The van der Waals surface area contributed by atoms with Crippen molar-refractivity contribution in [3.8, 4) is 22.6 Å². The number of nitrogens with one attached hydrogen (secondary N) is 1. The second-order valence-electron chi connectivity index (χ2n) is 7.26. The second kappa shape index (κ2) is 5.55. The smallest absolute Gasteiger partial charge is 0.181 e. The molecule has 0 aliphatic carbocycles. The van der Waals surface area contributed by atoms with E-state index in [1.165, 1.54) is 6.39 Å². The van der Waals surface area contributed by atoms with Gasteiger partial charge < -0.3 is 9.40 Å². The van der Waals surface area contributed by atoms with E-state index < -0.39 is 0 Å². The lowest BCUT2D eigenvalue weighted by atomic mass is 9.96. The number of aryl methyl sites for hydroxylation is 1. The zero-order valence-electron chi connectivity index (χ0n) is 14.8. The number of pyridine rings is 1. The van der Waals surface area contributed by atoms with Crippen LogP contribution in [0.25, 0.3) is 33.7 Å². The summed E-state index contributed by atoms with van der Waals surface area (Å²) in [5.74, 6) is 0.929. The van der Waals surface area contributed by atoms with Crippen molar-refractivity contribution in [3.05, 3.63) is 54.3 Å². The van der Waals surface area contributed by atoms with Gasteiger partial charge >= 0.3 is 0 Å². The maximum atomic E-state index is 5.45.